The molecule has 0 aliphatic carbocycles. The first-order chi connectivity index (χ1) is 8.99. The number of hydrogen-bond acceptors (Lipinski definition) is 4. The third-order valence-corrected chi connectivity index (χ3v) is 4.65. The molecule has 0 aromatic carbocycles. The number of nitrogens with zero attached hydrogens (tertiary/aromatic N) is 2. The van der Waals surface area contributed by atoms with Crippen LogP contribution < -0.4 is 4.72 Å². The lowest BCUT2D eigenvalue weighted by Gasteiger charge is -2.19. The van der Waals surface area contributed by atoms with Crippen molar-refractivity contribution >= 4 is 10.0 Å². The molecule has 0 bridgehead atoms. The fraction of sp³-hybridized carbons (Fsp3) is 0.750. The summed E-state index contributed by atoms with van der Waals surface area (Å²) in [6, 6.07) is 1.37. The molecule has 19 heavy (non-hydrogen) atoms. The van der Waals surface area contributed by atoms with Gasteiger partial charge in [-0.1, -0.05) is 13.8 Å². The van der Waals surface area contributed by atoms with Gasteiger partial charge in [-0.15, -0.1) is 0 Å². The van der Waals surface area contributed by atoms with Gasteiger partial charge in [-0.2, -0.15) is 5.10 Å². The highest BCUT2D eigenvalue weighted by Gasteiger charge is 2.18. The van der Waals surface area contributed by atoms with E-state index in [9.17, 15) is 8.42 Å². The van der Waals surface area contributed by atoms with Gasteiger partial charge in [-0.05, 0) is 45.5 Å². The Bertz CT molecular complexity index is 440. The molecule has 0 aliphatic heterocycles. The van der Waals surface area contributed by atoms with Crippen LogP contribution in [0.4, 0.5) is 0 Å². The Morgan fingerprint density at radius 2 is 2.11 bits per heavy atom. The third kappa shape index (κ3) is 5.30. The Hall–Kier alpha value is -0.920. The maximum atomic E-state index is 11.9. The molecule has 0 saturated carbocycles. The van der Waals surface area contributed by atoms with Gasteiger partial charge in [0.15, 0.2) is 5.03 Å². The molecular formula is C12H24N4O2S. The second-order valence-electron chi connectivity index (χ2n) is 4.61. The molecule has 110 valence electrons. The number of aromatic amines is 1. The van der Waals surface area contributed by atoms with Crippen molar-refractivity contribution in [2.24, 2.45) is 0 Å². The summed E-state index contributed by atoms with van der Waals surface area (Å²) in [5.74, 6) is 0. The Balaban J connectivity index is 2.37. The molecule has 0 radical (unpaired) electrons. The monoisotopic (exact) mass is 288 g/mol. The van der Waals surface area contributed by atoms with Crippen molar-refractivity contribution in [2.45, 2.75) is 44.7 Å². The van der Waals surface area contributed by atoms with Crippen LogP contribution in [0.3, 0.4) is 0 Å². The van der Waals surface area contributed by atoms with Crippen LogP contribution in [-0.2, 0) is 10.0 Å². The van der Waals surface area contributed by atoms with E-state index in [1.165, 1.54) is 12.3 Å². The number of sulfonamides is 1. The van der Waals surface area contributed by atoms with Crippen molar-refractivity contribution in [1.82, 2.24) is 19.8 Å². The van der Waals surface area contributed by atoms with Crippen molar-refractivity contribution < 1.29 is 8.42 Å². The van der Waals surface area contributed by atoms with Crippen LogP contribution in [0.5, 0.6) is 0 Å². The highest BCUT2D eigenvalue weighted by Crippen LogP contribution is 2.06. The molecule has 7 heteroatoms. The van der Waals surface area contributed by atoms with Crippen molar-refractivity contribution in [2.75, 3.05) is 19.6 Å². The van der Waals surface area contributed by atoms with Crippen molar-refractivity contribution in [3.05, 3.63) is 12.3 Å². The SMILES string of the molecule is CCN(CC)CCCC(C)NS(=O)(=O)c1ccn[nH]1. The molecule has 1 atom stereocenters. The third-order valence-electron chi connectivity index (χ3n) is 3.13. The number of nitrogens with one attached hydrogen (secondary N) is 2. The minimum Gasteiger partial charge on any atom is -0.304 e. The largest absolute Gasteiger partial charge is 0.304 e. The van der Waals surface area contributed by atoms with E-state index >= 15 is 0 Å². The van der Waals surface area contributed by atoms with Crippen LogP contribution in [0.15, 0.2) is 17.3 Å². The van der Waals surface area contributed by atoms with Gasteiger partial charge < -0.3 is 4.90 Å². The van der Waals surface area contributed by atoms with Gasteiger partial charge in [-0.25, -0.2) is 13.1 Å². The van der Waals surface area contributed by atoms with Crippen molar-refractivity contribution in [3.8, 4) is 0 Å². The average molecular weight is 288 g/mol. The van der Waals surface area contributed by atoms with E-state index in [1.54, 1.807) is 0 Å². The van der Waals surface area contributed by atoms with Crippen LogP contribution in [0.2, 0.25) is 0 Å². The Kier molecular flexibility index (Phi) is 6.47. The van der Waals surface area contributed by atoms with Crippen LogP contribution in [0, 0.1) is 0 Å². The predicted molar refractivity (Wildman–Crippen MR) is 75.4 cm³/mol. The molecule has 2 N–H and O–H groups in total. The summed E-state index contributed by atoms with van der Waals surface area (Å²) in [7, 11) is -3.46. The predicted octanol–water partition coefficient (Wildman–Crippen LogP) is 1.20. The van der Waals surface area contributed by atoms with E-state index in [-0.39, 0.29) is 11.1 Å². The quantitative estimate of drug-likeness (QED) is 0.715. The highest BCUT2D eigenvalue weighted by molar-refractivity contribution is 7.89. The zero-order chi connectivity index (χ0) is 14.3. The van der Waals surface area contributed by atoms with Gasteiger partial charge in [0.05, 0.1) is 6.20 Å². The topological polar surface area (TPSA) is 78.1 Å². The maximum absolute atomic E-state index is 11.9. The lowest BCUT2D eigenvalue weighted by Crippen LogP contribution is -2.33. The molecule has 1 unspecified atom stereocenters. The fourth-order valence-electron chi connectivity index (χ4n) is 1.94. The van der Waals surface area contributed by atoms with E-state index in [0.29, 0.717) is 0 Å². The zero-order valence-electron chi connectivity index (χ0n) is 11.9. The maximum Gasteiger partial charge on any atom is 0.257 e. The summed E-state index contributed by atoms with van der Waals surface area (Å²) in [6.45, 7) is 9.22. The standard InChI is InChI=1S/C12H24N4O2S/c1-4-16(5-2)10-6-7-11(3)15-19(17,18)12-8-9-13-14-12/h8-9,11,15H,4-7,10H2,1-3H3,(H,13,14). The molecule has 1 heterocycles. The second-order valence-corrected chi connectivity index (χ2v) is 6.29. The Morgan fingerprint density at radius 1 is 1.42 bits per heavy atom. The van der Waals surface area contributed by atoms with Crippen molar-refractivity contribution in [1.29, 1.82) is 0 Å². The normalized spacial score (nSPS) is 13.9. The summed E-state index contributed by atoms with van der Waals surface area (Å²) in [4.78, 5) is 2.33. The first kappa shape index (κ1) is 16.1. The summed E-state index contributed by atoms with van der Waals surface area (Å²) < 4.78 is 26.5. The fourth-order valence-corrected chi connectivity index (χ4v) is 3.13. The Labute approximate surface area is 115 Å². The lowest BCUT2D eigenvalue weighted by molar-refractivity contribution is 0.293. The summed E-state index contributed by atoms with van der Waals surface area (Å²) >= 11 is 0. The van der Waals surface area contributed by atoms with E-state index in [1.807, 2.05) is 6.92 Å². The number of hydrogen-bond donors (Lipinski definition) is 2. The average Bonchev–Trinajstić information content (AvgIpc) is 2.88. The number of aromatic nitrogens is 2. The second kappa shape index (κ2) is 7.62. The Morgan fingerprint density at radius 3 is 2.63 bits per heavy atom. The van der Waals surface area contributed by atoms with Crippen LogP contribution in [0.25, 0.3) is 0 Å². The van der Waals surface area contributed by atoms with E-state index < -0.39 is 10.0 Å². The summed E-state index contributed by atoms with van der Waals surface area (Å²) in [6.07, 6.45) is 3.23. The van der Waals surface area contributed by atoms with Gasteiger partial charge in [0, 0.05) is 6.04 Å². The summed E-state index contributed by atoms with van der Waals surface area (Å²) in [5, 5.41) is 6.23. The minimum absolute atomic E-state index is 0.0798. The molecule has 6 nitrogen and oxygen atoms in total. The van der Waals surface area contributed by atoms with Gasteiger partial charge >= 0.3 is 0 Å². The molecular weight excluding hydrogens is 264 g/mol. The minimum atomic E-state index is -3.46. The van der Waals surface area contributed by atoms with Gasteiger partial charge in [-0.3, -0.25) is 5.10 Å². The molecule has 1 rings (SSSR count). The molecule has 0 aliphatic rings. The molecule has 0 saturated heterocycles. The molecule has 0 fully saturated rings. The smallest absolute Gasteiger partial charge is 0.257 e. The van der Waals surface area contributed by atoms with Crippen LogP contribution in [-0.4, -0.2) is 49.2 Å². The van der Waals surface area contributed by atoms with E-state index in [2.05, 4.69) is 33.7 Å². The first-order valence-electron chi connectivity index (χ1n) is 6.73. The number of rotatable bonds is 9. The number of H-pyrrole nitrogens is 1. The van der Waals surface area contributed by atoms with Gasteiger partial charge in [0.25, 0.3) is 10.0 Å². The zero-order valence-corrected chi connectivity index (χ0v) is 12.7. The molecule has 0 amide bonds. The molecule has 1 aromatic heterocycles. The molecule has 1 aromatic rings. The summed E-state index contributed by atoms with van der Waals surface area (Å²) in [5.41, 5.74) is 0. The van der Waals surface area contributed by atoms with Crippen molar-refractivity contribution in [3.63, 3.8) is 0 Å². The van der Waals surface area contributed by atoms with Crippen LogP contribution >= 0.6 is 0 Å². The molecule has 0 spiro atoms. The lowest BCUT2D eigenvalue weighted by atomic mass is 10.2. The van der Waals surface area contributed by atoms with Gasteiger partial charge in [0.2, 0.25) is 0 Å². The first-order valence-corrected chi connectivity index (χ1v) is 8.22. The van der Waals surface area contributed by atoms with Crippen LogP contribution in [0.1, 0.15) is 33.6 Å². The van der Waals surface area contributed by atoms with E-state index in [0.717, 1.165) is 32.5 Å². The van der Waals surface area contributed by atoms with E-state index in [4.69, 9.17) is 0 Å². The highest BCUT2D eigenvalue weighted by atomic mass is 32.2. The van der Waals surface area contributed by atoms with Gasteiger partial charge in [0.1, 0.15) is 0 Å².